The third-order valence-corrected chi connectivity index (χ3v) is 3.43. The van der Waals surface area contributed by atoms with E-state index in [4.69, 9.17) is 0 Å². The van der Waals surface area contributed by atoms with Crippen molar-refractivity contribution in [2.45, 2.75) is 32.7 Å². The van der Waals surface area contributed by atoms with E-state index in [1.807, 2.05) is 6.92 Å². The zero-order valence-corrected chi connectivity index (χ0v) is 11.7. The fraction of sp³-hybridized carbons (Fsp3) is 0.462. The number of halogens is 2. The third-order valence-electron chi connectivity index (χ3n) is 2.66. The van der Waals surface area contributed by atoms with Crippen molar-refractivity contribution in [1.29, 1.82) is 0 Å². The van der Waals surface area contributed by atoms with Crippen LogP contribution in [0.3, 0.4) is 0 Å². The molecule has 0 saturated carbocycles. The molecule has 1 atom stereocenters. The van der Waals surface area contributed by atoms with Crippen molar-refractivity contribution in [3.05, 3.63) is 34.1 Å². The van der Waals surface area contributed by atoms with E-state index in [-0.39, 0.29) is 18.0 Å². The summed E-state index contributed by atoms with van der Waals surface area (Å²) in [5.74, 6) is -0.248. The molecule has 0 fully saturated rings. The number of carbonyl (C=O) groups is 1. The van der Waals surface area contributed by atoms with E-state index >= 15 is 0 Å². The lowest BCUT2D eigenvalue weighted by Gasteiger charge is -2.10. The zero-order chi connectivity index (χ0) is 12.8. The minimum absolute atomic E-state index is 0.0663. The Kier molecular flexibility index (Phi) is 5.78. The number of nitrogens with one attached hydrogen (secondary N) is 1. The van der Waals surface area contributed by atoms with Gasteiger partial charge in [0.05, 0.1) is 6.54 Å². The molecule has 0 saturated heterocycles. The molecular weight excluding hydrogens is 285 g/mol. The molecular formula is C13H17BrFNO. The van der Waals surface area contributed by atoms with Crippen LogP contribution in [0.25, 0.3) is 0 Å². The first-order chi connectivity index (χ1) is 8.02. The maximum absolute atomic E-state index is 13.0. The van der Waals surface area contributed by atoms with Crippen LogP contribution in [0.2, 0.25) is 0 Å². The van der Waals surface area contributed by atoms with Crippen LogP contribution in [0.15, 0.2) is 22.7 Å². The van der Waals surface area contributed by atoms with Crippen LogP contribution in [0.5, 0.6) is 0 Å². The van der Waals surface area contributed by atoms with Gasteiger partial charge in [-0.25, -0.2) is 4.39 Å². The molecule has 2 nitrogen and oxygen atoms in total. The van der Waals surface area contributed by atoms with Gasteiger partial charge >= 0.3 is 0 Å². The number of benzene rings is 1. The minimum atomic E-state index is -0.314. The molecule has 0 amide bonds. The Morgan fingerprint density at radius 2 is 2.24 bits per heavy atom. The van der Waals surface area contributed by atoms with Gasteiger partial charge in [0.15, 0.2) is 5.78 Å². The molecule has 4 heteroatoms. The molecule has 1 rings (SSSR count). The van der Waals surface area contributed by atoms with Crippen LogP contribution in [0.1, 0.15) is 25.8 Å². The first kappa shape index (κ1) is 14.3. The highest BCUT2D eigenvalue weighted by molar-refractivity contribution is 9.10. The topological polar surface area (TPSA) is 29.1 Å². The van der Waals surface area contributed by atoms with Crippen LogP contribution < -0.4 is 5.32 Å². The van der Waals surface area contributed by atoms with Crippen molar-refractivity contribution in [1.82, 2.24) is 5.32 Å². The average Bonchev–Trinajstić information content (AvgIpc) is 2.30. The SMILES string of the molecule is CCC(C)NCC(=O)Cc1cc(F)ccc1Br. The van der Waals surface area contributed by atoms with E-state index in [9.17, 15) is 9.18 Å². The van der Waals surface area contributed by atoms with Gasteiger partial charge in [-0.1, -0.05) is 22.9 Å². The summed E-state index contributed by atoms with van der Waals surface area (Å²) in [5.41, 5.74) is 0.695. The molecule has 0 heterocycles. The second-order valence-electron chi connectivity index (χ2n) is 4.14. The lowest BCUT2D eigenvalue weighted by atomic mass is 10.1. The Balaban J connectivity index is 2.53. The molecule has 1 aromatic rings. The summed E-state index contributed by atoms with van der Waals surface area (Å²) in [6.07, 6.45) is 1.23. The number of hydrogen-bond donors (Lipinski definition) is 1. The Labute approximate surface area is 110 Å². The summed E-state index contributed by atoms with van der Waals surface area (Å²) in [6, 6.07) is 4.72. The van der Waals surface area contributed by atoms with Gasteiger partial charge in [0.25, 0.3) is 0 Å². The Bertz CT molecular complexity index is 395. The summed E-state index contributed by atoms with van der Waals surface area (Å²) in [6.45, 7) is 4.43. The van der Waals surface area contributed by atoms with Crippen molar-refractivity contribution in [2.75, 3.05) is 6.54 Å². The monoisotopic (exact) mass is 301 g/mol. The van der Waals surface area contributed by atoms with Crippen LogP contribution in [0.4, 0.5) is 4.39 Å². The van der Waals surface area contributed by atoms with E-state index in [0.29, 0.717) is 18.2 Å². The minimum Gasteiger partial charge on any atom is -0.307 e. The molecule has 1 aromatic carbocycles. The van der Waals surface area contributed by atoms with Crippen molar-refractivity contribution in [3.8, 4) is 0 Å². The van der Waals surface area contributed by atoms with Crippen molar-refractivity contribution >= 4 is 21.7 Å². The standard InChI is InChI=1S/C13H17BrFNO/c1-3-9(2)16-8-12(17)7-10-6-11(15)4-5-13(10)14/h4-6,9,16H,3,7-8H2,1-2H3. The van der Waals surface area contributed by atoms with Gasteiger partial charge < -0.3 is 5.32 Å². The molecule has 0 aliphatic rings. The second-order valence-corrected chi connectivity index (χ2v) is 5.00. The average molecular weight is 302 g/mol. The Morgan fingerprint density at radius 1 is 1.53 bits per heavy atom. The predicted octanol–water partition coefficient (Wildman–Crippen LogP) is 3.09. The maximum Gasteiger partial charge on any atom is 0.151 e. The quantitative estimate of drug-likeness (QED) is 0.875. The van der Waals surface area contributed by atoms with Crippen LogP contribution in [0, 0.1) is 5.82 Å². The summed E-state index contributed by atoms with van der Waals surface area (Å²) in [4.78, 5) is 11.7. The Hall–Kier alpha value is -0.740. The van der Waals surface area contributed by atoms with E-state index < -0.39 is 0 Å². The fourth-order valence-corrected chi connectivity index (χ4v) is 1.77. The molecule has 0 spiro atoms. The summed E-state index contributed by atoms with van der Waals surface area (Å²) >= 11 is 3.31. The zero-order valence-electron chi connectivity index (χ0n) is 10.1. The highest BCUT2D eigenvalue weighted by Gasteiger charge is 2.09. The van der Waals surface area contributed by atoms with Gasteiger partial charge in [-0.3, -0.25) is 4.79 Å². The maximum atomic E-state index is 13.0. The fourth-order valence-electron chi connectivity index (χ4n) is 1.39. The second kappa shape index (κ2) is 6.87. The third kappa shape index (κ3) is 4.96. The molecule has 17 heavy (non-hydrogen) atoms. The molecule has 0 aliphatic heterocycles. The van der Waals surface area contributed by atoms with Crippen molar-refractivity contribution < 1.29 is 9.18 Å². The smallest absolute Gasteiger partial charge is 0.151 e. The molecule has 0 aromatic heterocycles. The first-order valence-electron chi connectivity index (χ1n) is 5.72. The Morgan fingerprint density at radius 3 is 2.88 bits per heavy atom. The first-order valence-corrected chi connectivity index (χ1v) is 6.51. The van der Waals surface area contributed by atoms with Gasteiger partial charge in [-0.2, -0.15) is 0 Å². The van der Waals surface area contributed by atoms with Crippen LogP contribution in [-0.2, 0) is 11.2 Å². The summed E-state index contributed by atoms with van der Waals surface area (Å²) in [7, 11) is 0. The lowest BCUT2D eigenvalue weighted by molar-refractivity contribution is -0.117. The van der Waals surface area contributed by atoms with Gasteiger partial charge in [0.1, 0.15) is 5.82 Å². The van der Waals surface area contributed by atoms with E-state index in [0.717, 1.165) is 10.9 Å². The van der Waals surface area contributed by atoms with Crippen molar-refractivity contribution in [2.24, 2.45) is 0 Å². The van der Waals surface area contributed by atoms with Crippen molar-refractivity contribution in [3.63, 3.8) is 0 Å². The number of carbonyl (C=O) groups excluding carboxylic acids is 1. The molecule has 0 bridgehead atoms. The van der Waals surface area contributed by atoms with Gasteiger partial charge in [-0.15, -0.1) is 0 Å². The molecule has 1 unspecified atom stereocenters. The lowest BCUT2D eigenvalue weighted by Crippen LogP contribution is -2.31. The van der Waals surface area contributed by atoms with E-state index in [1.54, 1.807) is 6.07 Å². The largest absolute Gasteiger partial charge is 0.307 e. The van der Waals surface area contributed by atoms with Crippen LogP contribution in [-0.4, -0.2) is 18.4 Å². The highest BCUT2D eigenvalue weighted by Crippen LogP contribution is 2.18. The molecule has 0 radical (unpaired) electrons. The highest BCUT2D eigenvalue weighted by atomic mass is 79.9. The predicted molar refractivity (Wildman–Crippen MR) is 70.6 cm³/mol. The number of hydrogen-bond acceptors (Lipinski definition) is 2. The number of Topliss-reactive ketones (excluding diaryl/α,β-unsaturated/α-hetero) is 1. The summed E-state index contributed by atoms with van der Waals surface area (Å²) in [5, 5.41) is 3.13. The molecule has 1 N–H and O–H groups in total. The summed E-state index contributed by atoms with van der Waals surface area (Å²) < 4.78 is 13.8. The van der Waals surface area contributed by atoms with Gasteiger partial charge in [-0.05, 0) is 37.1 Å². The van der Waals surface area contributed by atoms with E-state index in [2.05, 4.69) is 28.2 Å². The van der Waals surface area contributed by atoms with Crippen LogP contribution >= 0.6 is 15.9 Å². The number of ketones is 1. The van der Waals surface area contributed by atoms with Gasteiger partial charge in [0, 0.05) is 16.9 Å². The normalized spacial score (nSPS) is 12.5. The number of rotatable bonds is 6. The van der Waals surface area contributed by atoms with E-state index in [1.165, 1.54) is 12.1 Å². The molecule has 94 valence electrons. The van der Waals surface area contributed by atoms with Gasteiger partial charge in [0.2, 0.25) is 0 Å². The molecule has 0 aliphatic carbocycles.